The Morgan fingerprint density at radius 1 is 0.867 bits per heavy atom. The van der Waals surface area contributed by atoms with Crippen LogP contribution in [0.4, 0.5) is 32.0 Å². The normalized spacial score (nSPS) is 16.8. The highest BCUT2D eigenvalue weighted by atomic mass is 35.5. The van der Waals surface area contributed by atoms with E-state index in [0.717, 1.165) is 11.8 Å². The molecule has 0 bridgehead atoms. The van der Waals surface area contributed by atoms with Crippen LogP contribution in [0.1, 0.15) is 22.3 Å². The van der Waals surface area contributed by atoms with E-state index in [4.69, 9.17) is 32.7 Å². The fourth-order valence-corrected chi connectivity index (χ4v) is 6.23. The minimum Gasteiger partial charge on any atom is -0.493 e. The molecule has 6 nitrogen and oxygen atoms in total. The second kappa shape index (κ2) is 13.1. The van der Waals surface area contributed by atoms with E-state index in [2.05, 4.69) is 9.89 Å². The number of nitrogens with zero attached hydrogens (tertiary/aromatic N) is 3. The number of amidine groups is 1. The lowest BCUT2D eigenvalue weighted by Gasteiger charge is -2.36. The quantitative estimate of drug-likeness (QED) is 0.191. The van der Waals surface area contributed by atoms with Crippen LogP contribution in [0.15, 0.2) is 64.5 Å². The van der Waals surface area contributed by atoms with Crippen molar-refractivity contribution < 1.29 is 40.6 Å². The molecule has 0 saturated carbocycles. The Labute approximate surface area is 268 Å². The van der Waals surface area contributed by atoms with E-state index in [9.17, 15) is 31.1 Å². The number of halogens is 8. The average Bonchev–Trinajstić information content (AvgIpc) is 3.34. The Hall–Kier alpha value is -3.55. The predicted molar refractivity (Wildman–Crippen MR) is 162 cm³/mol. The number of hydrogen-bond acceptors (Lipinski definition) is 6. The van der Waals surface area contributed by atoms with Gasteiger partial charge in [0.2, 0.25) is 0 Å². The third-order valence-corrected chi connectivity index (χ3v) is 8.46. The van der Waals surface area contributed by atoms with Gasteiger partial charge in [-0.05, 0) is 65.9 Å². The first-order valence-corrected chi connectivity index (χ1v) is 14.9. The highest BCUT2D eigenvalue weighted by Crippen LogP contribution is 2.39. The van der Waals surface area contributed by atoms with Gasteiger partial charge in [0.1, 0.15) is 6.61 Å². The molecule has 0 atom stereocenters. The molecule has 0 aromatic heterocycles. The number of benzene rings is 3. The molecule has 3 aromatic rings. The molecule has 5 rings (SSSR count). The van der Waals surface area contributed by atoms with Crippen molar-refractivity contribution in [2.45, 2.75) is 19.0 Å². The van der Waals surface area contributed by atoms with Crippen molar-refractivity contribution in [3.63, 3.8) is 0 Å². The molecule has 0 aliphatic carbocycles. The van der Waals surface area contributed by atoms with E-state index in [1.165, 1.54) is 31.0 Å². The third-order valence-electron chi connectivity index (χ3n) is 6.98. The Morgan fingerprint density at radius 2 is 1.53 bits per heavy atom. The highest BCUT2D eigenvalue weighted by molar-refractivity contribution is 8.18. The van der Waals surface area contributed by atoms with Crippen LogP contribution >= 0.6 is 35.0 Å². The minimum atomic E-state index is -5.02. The van der Waals surface area contributed by atoms with Gasteiger partial charge < -0.3 is 19.3 Å². The Morgan fingerprint density at radius 3 is 2.16 bits per heavy atom. The van der Waals surface area contributed by atoms with Crippen molar-refractivity contribution in [1.82, 2.24) is 4.90 Å². The lowest BCUT2D eigenvalue weighted by Crippen LogP contribution is -2.47. The molecule has 15 heteroatoms. The van der Waals surface area contributed by atoms with Crippen molar-refractivity contribution in [3.05, 3.63) is 91.8 Å². The number of rotatable bonds is 6. The number of piperazine rings is 1. The second-order valence-electron chi connectivity index (χ2n) is 9.98. The van der Waals surface area contributed by atoms with Gasteiger partial charge in [-0.2, -0.15) is 31.3 Å². The number of methoxy groups -OCH3 is 1. The molecular weight excluding hydrogens is 667 g/mol. The van der Waals surface area contributed by atoms with Crippen LogP contribution in [-0.4, -0.2) is 49.3 Å². The van der Waals surface area contributed by atoms with Crippen molar-refractivity contribution in [2.75, 3.05) is 38.2 Å². The van der Waals surface area contributed by atoms with E-state index in [1.807, 2.05) is 17.0 Å². The van der Waals surface area contributed by atoms with Gasteiger partial charge in [-0.3, -0.25) is 4.79 Å². The van der Waals surface area contributed by atoms with Gasteiger partial charge in [0, 0.05) is 47.5 Å². The lowest BCUT2D eigenvalue weighted by atomic mass is 10.0. The third kappa shape index (κ3) is 7.82. The van der Waals surface area contributed by atoms with Gasteiger partial charge in [0.05, 0.1) is 23.1 Å². The van der Waals surface area contributed by atoms with Crippen LogP contribution in [0, 0.1) is 0 Å². The number of aliphatic imine (C=N–C) groups is 1. The maximum absolute atomic E-state index is 13.5. The van der Waals surface area contributed by atoms with Crippen molar-refractivity contribution >= 4 is 57.8 Å². The van der Waals surface area contributed by atoms with Crippen molar-refractivity contribution in [1.29, 1.82) is 0 Å². The first-order valence-electron chi connectivity index (χ1n) is 13.3. The molecule has 0 spiro atoms. The number of carbonyl (C=O) groups is 1. The predicted octanol–water partition coefficient (Wildman–Crippen LogP) is 8.41. The summed E-state index contributed by atoms with van der Waals surface area (Å²) in [6.45, 7) is 1.90. The van der Waals surface area contributed by atoms with Gasteiger partial charge in [0.25, 0.3) is 5.91 Å². The Kier molecular flexibility index (Phi) is 9.52. The first kappa shape index (κ1) is 32.8. The van der Waals surface area contributed by atoms with Gasteiger partial charge in [0.15, 0.2) is 16.7 Å². The van der Waals surface area contributed by atoms with Gasteiger partial charge in [-0.15, -0.1) is 0 Å². The lowest BCUT2D eigenvalue weighted by molar-refractivity contribution is -0.143. The molecule has 0 unspecified atom stereocenters. The molecule has 2 aliphatic rings. The van der Waals surface area contributed by atoms with Gasteiger partial charge in [-0.1, -0.05) is 35.3 Å². The monoisotopic (exact) mass is 689 g/mol. The van der Waals surface area contributed by atoms with Crippen LogP contribution in [0.5, 0.6) is 11.5 Å². The second-order valence-corrected chi connectivity index (χ2v) is 11.9. The number of alkyl halides is 6. The smallest absolute Gasteiger partial charge is 0.416 e. The number of hydrogen-bond donors (Lipinski definition) is 0. The zero-order valence-electron chi connectivity index (χ0n) is 23.3. The van der Waals surface area contributed by atoms with Crippen molar-refractivity contribution in [3.8, 4) is 11.5 Å². The van der Waals surface area contributed by atoms with E-state index in [1.54, 1.807) is 18.2 Å². The largest absolute Gasteiger partial charge is 0.493 e. The number of anilines is 1. The van der Waals surface area contributed by atoms with Crippen molar-refractivity contribution in [2.24, 2.45) is 4.99 Å². The molecule has 0 radical (unpaired) electrons. The SMILES string of the molecule is COc1cc(/C=C2/SC(N3CCN(c4cc(Cl)cc(Cl)c4)CC3)=NC2=O)ccc1OCc1ccc(C(F)(F)F)cc1C(F)(F)F. The Balaban J connectivity index is 1.24. The van der Waals surface area contributed by atoms with Crippen LogP contribution < -0.4 is 14.4 Å². The summed E-state index contributed by atoms with van der Waals surface area (Å²) in [5, 5.41) is 1.66. The molecular formula is C30H23Cl2F6N3O3S. The zero-order chi connectivity index (χ0) is 32.5. The number of amides is 1. The molecule has 45 heavy (non-hydrogen) atoms. The summed E-state index contributed by atoms with van der Waals surface area (Å²) in [6, 6.07) is 11.3. The van der Waals surface area contributed by atoms with E-state index >= 15 is 0 Å². The topological polar surface area (TPSA) is 54.4 Å². The van der Waals surface area contributed by atoms with Crippen LogP contribution in [-0.2, 0) is 23.8 Å². The summed E-state index contributed by atoms with van der Waals surface area (Å²) in [5.74, 6) is -0.201. The summed E-state index contributed by atoms with van der Waals surface area (Å²) in [5.41, 5.74) is -1.88. The molecule has 0 N–H and O–H groups in total. The summed E-state index contributed by atoms with van der Waals surface area (Å²) in [6.07, 6.45) is -8.35. The molecule has 1 saturated heterocycles. The molecule has 1 amide bonds. The maximum Gasteiger partial charge on any atom is 0.416 e. The standard InChI is InChI=1S/C30H23Cl2F6N3O3S/c1-43-25-10-17(2-5-24(25)44-16-18-3-4-19(29(33,34)35)12-23(18)30(36,37)38)11-26-27(42)39-28(45-26)41-8-6-40(7-9-41)22-14-20(31)13-21(32)15-22/h2-5,10-15H,6-9,16H2,1H3/b26-11+. The zero-order valence-corrected chi connectivity index (χ0v) is 25.6. The maximum atomic E-state index is 13.5. The first-order chi connectivity index (χ1) is 21.2. The minimum absolute atomic E-state index is 0.0625. The van der Waals surface area contributed by atoms with E-state index in [0.29, 0.717) is 57.9 Å². The van der Waals surface area contributed by atoms with Crippen LogP contribution in [0.2, 0.25) is 10.0 Å². The Bertz CT molecular complexity index is 1650. The average molecular weight is 690 g/mol. The van der Waals surface area contributed by atoms with Gasteiger partial charge >= 0.3 is 12.4 Å². The highest BCUT2D eigenvalue weighted by Gasteiger charge is 2.38. The molecule has 2 aliphatic heterocycles. The number of thioether (sulfide) groups is 1. The van der Waals surface area contributed by atoms with Crippen LogP contribution in [0.3, 0.4) is 0 Å². The fourth-order valence-electron chi connectivity index (χ4n) is 4.75. The van der Waals surface area contributed by atoms with E-state index in [-0.39, 0.29) is 17.6 Å². The van der Waals surface area contributed by atoms with E-state index < -0.39 is 41.6 Å². The van der Waals surface area contributed by atoms with Crippen LogP contribution in [0.25, 0.3) is 6.08 Å². The fraction of sp³-hybridized carbons (Fsp3) is 0.267. The summed E-state index contributed by atoms with van der Waals surface area (Å²) >= 11 is 13.5. The number of carbonyl (C=O) groups excluding carboxylic acids is 1. The van der Waals surface area contributed by atoms with Gasteiger partial charge in [-0.25, -0.2) is 0 Å². The summed E-state index contributed by atoms with van der Waals surface area (Å²) in [4.78, 5) is 21.4. The molecule has 3 aromatic carbocycles. The molecule has 238 valence electrons. The summed E-state index contributed by atoms with van der Waals surface area (Å²) < 4.78 is 90.4. The molecule has 1 fully saturated rings. The molecule has 2 heterocycles. The summed E-state index contributed by atoms with van der Waals surface area (Å²) in [7, 11) is 1.33. The number of ether oxygens (including phenoxy) is 2.